The molecule has 0 atom stereocenters. The lowest BCUT2D eigenvalue weighted by atomic mass is 10.2. The van der Waals surface area contributed by atoms with Crippen molar-refractivity contribution < 1.29 is 4.79 Å². The Morgan fingerprint density at radius 1 is 1.39 bits per heavy atom. The van der Waals surface area contributed by atoms with E-state index >= 15 is 0 Å². The van der Waals surface area contributed by atoms with Crippen molar-refractivity contribution in [2.45, 2.75) is 6.54 Å². The summed E-state index contributed by atoms with van der Waals surface area (Å²) >= 11 is 5.78. The summed E-state index contributed by atoms with van der Waals surface area (Å²) in [5, 5.41) is 10.7. The Hall–Kier alpha value is -2.14. The van der Waals surface area contributed by atoms with E-state index in [0.717, 1.165) is 0 Å². The fourth-order valence-corrected chi connectivity index (χ4v) is 1.50. The van der Waals surface area contributed by atoms with Crippen molar-refractivity contribution in [2.75, 3.05) is 5.73 Å². The van der Waals surface area contributed by atoms with Crippen LogP contribution in [0.5, 0.6) is 0 Å². The van der Waals surface area contributed by atoms with Crippen LogP contribution in [0.15, 0.2) is 36.5 Å². The molecule has 0 spiro atoms. The molecule has 18 heavy (non-hydrogen) atoms. The van der Waals surface area contributed by atoms with Crippen molar-refractivity contribution in [2.24, 2.45) is 0 Å². The molecular formula is C12H11ClN4O. The third kappa shape index (κ3) is 2.95. The quantitative estimate of drug-likeness (QED) is 0.824. The van der Waals surface area contributed by atoms with E-state index in [9.17, 15) is 4.79 Å². The number of nitrogens with two attached hydrogens (primary N) is 1. The van der Waals surface area contributed by atoms with Crippen molar-refractivity contribution in [1.29, 1.82) is 0 Å². The summed E-state index contributed by atoms with van der Waals surface area (Å²) in [5.41, 5.74) is 7.16. The lowest BCUT2D eigenvalue weighted by molar-refractivity contribution is 0.0950. The minimum Gasteiger partial charge on any atom is -0.398 e. The maximum absolute atomic E-state index is 11.8. The van der Waals surface area contributed by atoms with Gasteiger partial charge < -0.3 is 11.1 Å². The van der Waals surface area contributed by atoms with Crippen molar-refractivity contribution in [1.82, 2.24) is 15.5 Å². The average Bonchev–Trinajstić information content (AvgIpc) is 2.40. The lowest BCUT2D eigenvalue weighted by Crippen LogP contribution is -2.23. The Morgan fingerprint density at radius 3 is 2.89 bits per heavy atom. The molecule has 0 bridgehead atoms. The van der Waals surface area contributed by atoms with Gasteiger partial charge in [0, 0.05) is 11.8 Å². The van der Waals surface area contributed by atoms with Crippen LogP contribution >= 0.6 is 11.6 Å². The number of carbonyl (C=O) groups excluding carboxylic acids is 1. The second-order valence-corrected chi connectivity index (χ2v) is 4.04. The zero-order valence-corrected chi connectivity index (χ0v) is 10.2. The summed E-state index contributed by atoms with van der Waals surface area (Å²) in [6.07, 6.45) is 1.57. The Labute approximate surface area is 109 Å². The Kier molecular flexibility index (Phi) is 3.74. The highest BCUT2D eigenvalue weighted by Crippen LogP contribution is 2.19. The van der Waals surface area contributed by atoms with Crippen molar-refractivity contribution in [3.63, 3.8) is 0 Å². The van der Waals surface area contributed by atoms with E-state index in [-0.39, 0.29) is 5.91 Å². The first-order chi connectivity index (χ1) is 8.66. The molecule has 0 aliphatic rings. The minimum absolute atomic E-state index is 0.232. The van der Waals surface area contributed by atoms with Crippen LogP contribution in [0.2, 0.25) is 5.02 Å². The van der Waals surface area contributed by atoms with E-state index < -0.39 is 0 Å². The predicted octanol–water partition coefficient (Wildman–Crippen LogP) is 1.64. The average molecular weight is 263 g/mol. The largest absolute Gasteiger partial charge is 0.398 e. The lowest BCUT2D eigenvalue weighted by Gasteiger charge is -2.05. The molecule has 0 aliphatic heterocycles. The molecule has 1 amide bonds. The molecule has 6 heteroatoms. The molecule has 1 heterocycles. The number of benzene rings is 1. The van der Waals surface area contributed by atoms with E-state index in [4.69, 9.17) is 17.3 Å². The number of carbonyl (C=O) groups is 1. The smallest absolute Gasteiger partial charge is 0.251 e. The van der Waals surface area contributed by atoms with E-state index in [1.54, 1.807) is 30.5 Å². The van der Waals surface area contributed by atoms with Crippen LogP contribution in [-0.2, 0) is 6.54 Å². The van der Waals surface area contributed by atoms with Crippen LogP contribution in [0.25, 0.3) is 0 Å². The van der Waals surface area contributed by atoms with E-state index in [2.05, 4.69) is 15.5 Å². The number of rotatable bonds is 3. The fourth-order valence-electron chi connectivity index (χ4n) is 1.39. The number of nitrogens with one attached hydrogen (secondary N) is 1. The Morgan fingerprint density at radius 2 is 2.22 bits per heavy atom. The molecule has 0 unspecified atom stereocenters. The molecule has 0 saturated heterocycles. The topological polar surface area (TPSA) is 80.9 Å². The first-order valence-corrected chi connectivity index (χ1v) is 5.64. The van der Waals surface area contributed by atoms with Gasteiger partial charge in [0.15, 0.2) is 0 Å². The number of nitrogens with zero attached hydrogens (tertiary/aromatic N) is 2. The minimum atomic E-state index is -0.232. The molecule has 1 aromatic heterocycles. The standard InChI is InChI=1S/C12H11ClN4O/c13-10-4-3-8(6-11(10)14)12(18)15-7-9-2-1-5-16-17-9/h1-6H,7,14H2,(H,15,18). The van der Waals surface area contributed by atoms with Gasteiger partial charge in [0.1, 0.15) is 0 Å². The van der Waals surface area contributed by atoms with Crippen LogP contribution in [-0.4, -0.2) is 16.1 Å². The van der Waals surface area contributed by atoms with Gasteiger partial charge in [-0.2, -0.15) is 10.2 Å². The highest BCUT2D eigenvalue weighted by molar-refractivity contribution is 6.33. The first-order valence-electron chi connectivity index (χ1n) is 5.26. The van der Waals surface area contributed by atoms with Crippen molar-refractivity contribution >= 4 is 23.2 Å². The first kappa shape index (κ1) is 12.3. The van der Waals surface area contributed by atoms with Crippen LogP contribution in [0.4, 0.5) is 5.69 Å². The van der Waals surface area contributed by atoms with Gasteiger partial charge in [-0.25, -0.2) is 0 Å². The molecule has 0 aliphatic carbocycles. The van der Waals surface area contributed by atoms with Crippen LogP contribution in [0, 0.1) is 0 Å². The normalized spacial score (nSPS) is 10.1. The SMILES string of the molecule is Nc1cc(C(=O)NCc2cccnn2)ccc1Cl. The Balaban J connectivity index is 2.02. The fraction of sp³-hybridized carbons (Fsp3) is 0.0833. The molecule has 2 aromatic rings. The predicted molar refractivity (Wildman–Crippen MR) is 69.1 cm³/mol. The van der Waals surface area contributed by atoms with Gasteiger partial charge in [0.2, 0.25) is 0 Å². The van der Waals surface area contributed by atoms with Gasteiger partial charge in [-0.3, -0.25) is 4.79 Å². The number of aromatic nitrogens is 2. The molecule has 5 nitrogen and oxygen atoms in total. The maximum Gasteiger partial charge on any atom is 0.251 e. The molecular weight excluding hydrogens is 252 g/mol. The summed E-state index contributed by atoms with van der Waals surface area (Å²) in [6, 6.07) is 8.28. The van der Waals surface area contributed by atoms with Gasteiger partial charge in [0.05, 0.1) is 22.9 Å². The van der Waals surface area contributed by atoms with Gasteiger partial charge >= 0.3 is 0 Å². The highest BCUT2D eigenvalue weighted by Gasteiger charge is 2.07. The summed E-state index contributed by atoms with van der Waals surface area (Å²) < 4.78 is 0. The zero-order chi connectivity index (χ0) is 13.0. The monoisotopic (exact) mass is 262 g/mol. The molecule has 2 rings (SSSR count). The van der Waals surface area contributed by atoms with Crippen LogP contribution < -0.4 is 11.1 Å². The third-order valence-corrected chi connectivity index (χ3v) is 2.66. The second kappa shape index (κ2) is 5.46. The van der Waals surface area contributed by atoms with Crippen LogP contribution in [0.3, 0.4) is 0 Å². The van der Waals surface area contributed by atoms with Crippen molar-refractivity contribution in [3.05, 3.63) is 52.8 Å². The molecule has 0 saturated carbocycles. The molecule has 1 aromatic carbocycles. The zero-order valence-electron chi connectivity index (χ0n) is 9.43. The van der Waals surface area contributed by atoms with E-state index in [1.165, 1.54) is 6.07 Å². The Bertz CT molecular complexity index is 559. The van der Waals surface area contributed by atoms with Crippen molar-refractivity contribution in [3.8, 4) is 0 Å². The number of halogens is 1. The van der Waals surface area contributed by atoms with Crippen LogP contribution in [0.1, 0.15) is 16.1 Å². The molecule has 0 radical (unpaired) electrons. The summed E-state index contributed by atoms with van der Waals surface area (Å²) in [6.45, 7) is 0.315. The highest BCUT2D eigenvalue weighted by atomic mass is 35.5. The number of amides is 1. The number of anilines is 1. The van der Waals surface area contributed by atoms with E-state index in [0.29, 0.717) is 28.5 Å². The maximum atomic E-state index is 11.8. The van der Waals surface area contributed by atoms with Gasteiger partial charge in [-0.15, -0.1) is 0 Å². The molecule has 0 fully saturated rings. The summed E-state index contributed by atoms with van der Waals surface area (Å²) in [5.74, 6) is -0.232. The van der Waals surface area contributed by atoms with Gasteiger partial charge in [0.25, 0.3) is 5.91 Å². The third-order valence-electron chi connectivity index (χ3n) is 2.32. The number of hydrogen-bond donors (Lipinski definition) is 2. The number of nitrogen functional groups attached to an aromatic ring is 1. The second-order valence-electron chi connectivity index (χ2n) is 3.63. The van der Waals surface area contributed by atoms with Gasteiger partial charge in [-0.05, 0) is 30.3 Å². The summed E-state index contributed by atoms with van der Waals surface area (Å²) in [7, 11) is 0. The molecule has 3 N–H and O–H groups in total. The number of hydrogen-bond acceptors (Lipinski definition) is 4. The van der Waals surface area contributed by atoms with E-state index in [1.807, 2.05) is 0 Å². The molecule has 92 valence electrons. The summed E-state index contributed by atoms with van der Waals surface area (Å²) in [4.78, 5) is 11.8. The van der Waals surface area contributed by atoms with Gasteiger partial charge in [-0.1, -0.05) is 11.6 Å².